The van der Waals surface area contributed by atoms with Crippen LogP contribution < -0.4 is 0 Å². The van der Waals surface area contributed by atoms with Gasteiger partial charge in [0.15, 0.2) is 0 Å². The number of rotatable bonds is 1. The standard InChI is InChI=1S/C3H7NO3S.ClH/c5-8(6,7)4-2-1-3-4;/h1-3H2,(H,5,6,7);1H. The van der Waals surface area contributed by atoms with Crippen LogP contribution in [0.5, 0.6) is 0 Å². The van der Waals surface area contributed by atoms with Gasteiger partial charge in [0.25, 0.3) is 0 Å². The van der Waals surface area contributed by atoms with Crippen molar-refractivity contribution < 1.29 is 13.0 Å². The van der Waals surface area contributed by atoms with Gasteiger partial charge in [-0.1, -0.05) is 0 Å². The van der Waals surface area contributed by atoms with Gasteiger partial charge in [-0.3, -0.25) is 4.55 Å². The topological polar surface area (TPSA) is 57.6 Å². The third-order valence-corrected chi connectivity index (χ3v) is 2.16. The molecule has 1 N–H and O–H groups in total. The fourth-order valence-electron chi connectivity index (χ4n) is 0.518. The molecule has 1 fully saturated rings. The molecule has 1 heterocycles. The van der Waals surface area contributed by atoms with Crippen LogP contribution in [-0.4, -0.2) is 30.4 Å². The summed E-state index contributed by atoms with van der Waals surface area (Å²) in [5.41, 5.74) is 0. The van der Waals surface area contributed by atoms with E-state index in [2.05, 4.69) is 0 Å². The van der Waals surface area contributed by atoms with E-state index in [-0.39, 0.29) is 12.4 Å². The van der Waals surface area contributed by atoms with Crippen LogP contribution in [0.3, 0.4) is 0 Å². The van der Waals surface area contributed by atoms with Gasteiger partial charge in [0.2, 0.25) is 0 Å². The first-order valence-corrected chi connectivity index (χ1v) is 3.73. The van der Waals surface area contributed by atoms with Crippen molar-refractivity contribution in [1.82, 2.24) is 4.31 Å². The Labute approximate surface area is 60.1 Å². The van der Waals surface area contributed by atoms with Gasteiger partial charge >= 0.3 is 10.3 Å². The fraction of sp³-hybridized carbons (Fsp3) is 1.00. The lowest BCUT2D eigenvalue weighted by Gasteiger charge is -2.25. The molecule has 0 atom stereocenters. The third kappa shape index (κ3) is 2.09. The Bertz CT molecular complexity index is 173. The lowest BCUT2D eigenvalue weighted by Crippen LogP contribution is -2.41. The highest BCUT2D eigenvalue weighted by Crippen LogP contribution is 2.08. The molecule has 0 aliphatic carbocycles. The zero-order chi connectivity index (χ0) is 6.20. The van der Waals surface area contributed by atoms with Gasteiger partial charge in [0.1, 0.15) is 0 Å². The van der Waals surface area contributed by atoms with Crippen LogP contribution in [0, 0.1) is 0 Å². The molecule has 0 bridgehead atoms. The van der Waals surface area contributed by atoms with Gasteiger partial charge in [-0.15, -0.1) is 12.4 Å². The van der Waals surface area contributed by atoms with Crippen molar-refractivity contribution in [2.24, 2.45) is 0 Å². The summed E-state index contributed by atoms with van der Waals surface area (Å²) in [6.45, 7) is 0.942. The van der Waals surface area contributed by atoms with E-state index in [4.69, 9.17) is 4.55 Å². The van der Waals surface area contributed by atoms with Crippen molar-refractivity contribution in [3.05, 3.63) is 0 Å². The van der Waals surface area contributed by atoms with E-state index in [1.54, 1.807) is 0 Å². The smallest absolute Gasteiger partial charge is 0.273 e. The zero-order valence-corrected chi connectivity index (χ0v) is 6.28. The lowest BCUT2D eigenvalue weighted by molar-refractivity contribution is 0.274. The van der Waals surface area contributed by atoms with Crippen LogP contribution >= 0.6 is 12.4 Å². The van der Waals surface area contributed by atoms with E-state index in [1.165, 1.54) is 0 Å². The zero-order valence-electron chi connectivity index (χ0n) is 4.65. The summed E-state index contributed by atoms with van der Waals surface area (Å²) in [7, 11) is -3.83. The van der Waals surface area contributed by atoms with Crippen molar-refractivity contribution in [1.29, 1.82) is 0 Å². The van der Waals surface area contributed by atoms with E-state index in [9.17, 15) is 8.42 Å². The summed E-state index contributed by atoms with van der Waals surface area (Å²) in [6.07, 6.45) is 0.861. The highest BCUT2D eigenvalue weighted by atomic mass is 35.5. The van der Waals surface area contributed by atoms with Gasteiger partial charge in [-0.2, -0.15) is 12.7 Å². The highest BCUT2D eigenvalue weighted by Gasteiger charge is 2.24. The first-order chi connectivity index (χ1) is 3.61. The van der Waals surface area contributed by atoms with Gasteiger partial charge in [0.05, 0.1) is 0 Å². The highest BCUT2D eigenvalue weighted by molar-refractivity contribution is 7.83. The van der Waals surface area contributed by atoms with E-state index in [0.717, 1.165) is 10.7 Å². The average Bonchev–Trinajstić information content (AvgIpc) is 1.16. The van der Waals surface area contributed by atoms with E-state index < -0.39 is 10.3 Å². The number of hydrogen-bond donors (Lipinski definition) is 1. The van der Waals surface area contributed by atoms with Gasteiger partial charge < -0.3 is 0 Å². The number of hydrogen-bond acceptors (Lipinski definition) is 2. The van der Waals surface area contributed by atoms with Gasteiger partial charge in [-0.05, 0) is 6.42 Å². The van der Waals surface area contributed by atoms with E-state index in [0.29, 0.717) is 13.1 Å². The van der Waals surface area contributed by atoms with E-state index in [1.807, 2.05) is 0 Å². The molecule has 0 radical (unpaired) electrons. The summed E-state index contributed by atoms with van der Waals surface area (Å²) < 4.78 is 29.4. The quantitative estimate of drug-likeness (QED) is 0.565. The molecule has 0 aromatic heterocycles. The second-order valence-electron chi connectivity index (χ2n) is 1.73. The molecule has 0 aromatic carbocycles. The van der Waals surface area contributed by atoms with Crippen LogP contribution in [-0.2, 0) is 10.3 Å². The minimum absolute atomic E-state index is 0. The maximum Gasteiger partial charge on any atom is 0.335 e. The van der Waals surface area contributed by atoms with Crippen molar-refractivity contribution in [2.75, 3.05) is 13.1 Å². The van der Waals surface area contributed by atoms with Crippen LogP contribution in [0.25, 0.3) is 0 Å². The Kier molecular flexibility index (Phi) is 2.88. The summed E-state index contributed by atoms with van der Waals surface area (Å²) in [6, 6.07) is 0. The first-order valence-electron chi connectivity index (χ1n) is 2.33. The van der Waals surface area contributed by atoms with E-state index >= 15 is 0 Å². The SMILES string of the molecule is Cl.O=S(=O)(O)N1CCC1. The second-order valence-corrected chi connectivity index (χ2v) is 3.14. The first kappa shape index (κ1) is 9.16. The van der Waals surface area contributed by atoms with Crippen LogP contribution in [0.4, 0.5) is 0 Å². The predicted octanol–water partition coefficient (Wildman–Crippen LogP) is -0.0833. The third-order valence-electron chi connectivity index (χ3n) is 1.14. The Morgan fingerprint density at radius 1 is 1.33 bits per heavy atom. The molecule has 1 saturated heterocycles. The molecule has 9 heavy (non-hydrogen) atoms. The number of nitrogens with zero attached hydrogens (tertiary/aromatic N) is 1. The molecule has 0 unspecified atom stereocenters. The summed E-state index contributed by atoms with van der Waals surface area (Å²) >= 11 is 0. The molecule has 1 rings (SSSR count). The largest absolute Gasteiger partial charge is 0.335 e. The molecule has 0 spiro atoms. The Morgan fingerprint density at radius 2 is 1.78 bits per heavy atom. The minimum Gasteiger partial charge on any atom is -0.273 e. The van der Waals surface area contributed by atoms with Gasteiger partial charge in [0, 0.05) is 13.1 Å². The summed E-state index contributed by atoms with van der Waals surface area (Å²) in [5.74, 6) is 0. The molecule has 56 valence electrons. The molecule has 6 heteroatoms. The monoisotopic (exact) mass is 173 g/mol. The average molecular weight is 174 g/mol. The van der Waals surface area contributed by atoms with Crippen LogP contribution in [0.15, 0.2) is 0 Å². The van der Waals surface area contributed by atoms with Gasteiger partial charge in [-0.25, -0.2) is 0 Å². The summed E-state index contributed by atoms with van der Waals surface area (Å²) in [5, 5.41) is 0. The molecule has 1 aliphatic rings. The molecule has 1 aliphatic heterocycles. The molecular weight excluding hydrogens is 166 g/mol. The van der Waals surface area contributed by atoms with Crippen molar-refractivity contribution >= 4 is 22.7 Å². The molecular formula is C3H8ClNO3S. The predicted molar refractivity (Wildman–Crippen MR) is 35.0 cm³/mol. The lowest BCUT2D eigenvalue weighted by atomic mass is 10.3. The number of halogens is 1. The maximum absolute atomic E-state index is 10.1. The molecule has 0 amide bonds. The maximum atomic E-state index is 10.1. The Hall–Kier alpha value is 0.160. The van der Waals surface area contributed by atoms with Crippen molar-refractivity contribution in [3.63, 3.8) is 0 Å². The van der Waals surface area contributed by atoms with Crippen molar-refractivity contribution in [2.45, 2.75) is 6.42 Å². The Balaban J connectivity index is 0.000000640. The van der Waals surface area contributed by atoms with Crippen molar-refractivity contribution in [3.8, 4) is 0 Å². The van der Waals surface area contributed by atoms with Crippen LogP contribution in [0.2, 0.25) is 0 Å². The molecule has 0 aromatic rings. The molecule has 0 saturated carbocycles. The van der Waals surface area contributed by atoms with Crippen LogP contribution in [0.1, 0.15) is 6.42 Å². The normalized spacial score (nSPS) is 20.1. The second kappa shape index (κ2) is 2.83. The minimum atomic E-state index is -3.83. The fourth-order valence-corrected chi connectivity index (χ4v) is 1.24. The molecule has 4 nitrogen and oxygen atoms in total. The summed E-state index contributed by atoms with van der Waals surface area (Å²) in [4.78, 5) is 0. The Morgan fingerprint density at radius 3 is 1.78 bits per heavy atom.